The van der Waals surface area contributed by atoms with E-state index in [1.54, 1.807) is 0 Å². The second-order valence-corrected chi connectivity index (χ2v) is 6.72. The maximum absolute atomic E-state index is 11.3. The topological polar surface area (TPSA) is 82.6 Å². The summed E-state index contributed by atoms with van der Waals surface area (Å²) >= 11 is 0. The Labute approximate surface area is 139 Å². The van der Waals surface area contributed by atoms with Crippen molar-refractivity contribution < 1.29 is 8.42 Å². The number of halogens is 1. The first-order valence-electron chi connectivity index (χ1n) is 6.95. The summed E-state index contributed by atoms with van der Waals surface area (Å²) in [5.74, 6) is 1.09. The molecule has 0 aromatic carbocycles. The number of hydrogen-bond donors (Lipinski definition) is 3. The third-order valence-corrected chi connectivity index (χ3v) is 3.93. The fraction of sp³-hybridized carbons (Fsp3) is 0.917. The fourth-order valence-corrected chi connectivity index (χ4v) is 3.26. The van der Waals surface area contributed by atoms with Gasteiger partial charge in [-0.15, -0.1) is 24.0 Å². The van der Waals surface area contributed by atoms with Gasteiger partial charge >= 0.3 is 0 Å². The van der Waals surface area contributed by atoms with Crippen LogP contribution in [0.3, 0.4) is 0 Å². The molecule has 20 heavy (non-hydrogen) atoms. The van der Waals surface area contributed by atoms with Crippen LogP contribution in [0.25, 0.3) is 0 Å². The predicted octanol–water partition coefficient (Wildman–Crippen LogP) is 0.897. The van der Waals surface area contributed by atoms with Crippen molar-refractivity contribution in [2.45, 2.75) is 39.2 Å². The number of rotatable bonds is 6. The molecule has 0 bridgehead atoms. The zero-order valence-corrected chi connectivity index (χ0v) is 15.6. The average Bonchev–Trinajstić information content (AvgIpc) is 2.71. The number of hydrogen-bond acceptors (Lipinski definition) is 3. The number of nitrogens with one attached hydrogen (secondary N) is 3. The Bertz CT molecular complexity index is 392. The van der Waals surface area contributed by atoms with Crippen molar-refractivity contribution in [3.8, 4) is 0 Å². The highest BCUT2D eigenvalue weighted by molar-refractivity contribution is 14.0. The molecular formula is C12H27IN4O2S. The fourth-order valence-electron chi connectivity index (χ4n) is 2.40. The molecule has 0 saturated heterocycles. The first-order chi connectivity index (χ1) is 8.96. The standard InChI is InChI=1S/C12H26N4O2S.HI/c1-4-13-12(14-5-2)15-9-10-7-6-8-11(10)16-19(3,17)18;/h10-11,16H,4-9H2,1-3H3,(H2,13,14,15);1H. The van der Waals surface area contributed by atoms with Crippen molar-refractivity contribution in [3.63, 3.8) is 0 Å². The molecule has 0 spiro atoms. The maximum atomic E-state index is 11.3. The molecule has 1 saturated carbocycles. The van der Waals surface area contributed by atoms with Crippen molar-refractivity contribution in [1.82, 2.24) is 15.4 Å². The van der Waals surface area contributed by atoms with Gasteiger partial charge in [0.25, 0.3) is 0 Å². The molecule has 1 aliphatic rings. The van der Waals surface area contributed by atoms with Crippen LogP contribution in [0.15, 0.2) is 4.99 Å². The molecule has 0 amide bonds. The Balaban J connectivity index is 0.00000361. The Kier molecular flexibility index (Phi) is 9.73. The molecule has 0 aromatic heterocycles. The monoisotopic (exact) mass is 418 g/mol. The smallest absolute Gasteiger partial charge is 0.208 e. The van der Waals surface area contributed by atoms with Crippen molar-refractivity contribution in [3.05, 3.63) is 0 Å². The molecule has 0 aliphatic heterocycles. The molecule has 2 atom stereocenters. The maximum Gasteiger partial charge on any atom is 0.208 e. The first-order valence-corrected chi connectivity index (χ1v) is 8.85. The van der Waals surface area contributed by atoms with Crippen molar-refractivity contribution >= 4 is 40.0 Å². The normalized spacial score (nSPS) is 21.9. The van der Waals surface area contributed by atoms with Gasteiger partial charge in [0.15, 0.2) is 5.96 Å². The number of guanidine groups is 1. The van der Waals surface area contributed by atoms with Gasteiger partial charge in [0.05, 0.1) is 6.26 Å². The minimum Gasteiger partial charge on any atom is -0.357 e. The molecule has 1 aliphatic carbocycles. The minimum atomic E-state index is -3.13. The molecule has 1 rings (SSSR count). The number of sulfonamides is 1. The Morgan fingerprint density at radius 1 is 1.20 bits per heavy atom. The molecule has 8 heteroatoms. The summed E-state index contributed by atoms with van der Waals surface area (Å²) in [5, 5.41) is 6.34. The van der Waals surface area contributed by atoms with Gasteiger partial charge < -0.3 is 10.6 Å². The highest BCUT2D eigenvalue weighted by Gasteiger charge is 2.29. The van der Waals surface area contributed by atoms with Gasteiger partial charge in [0, 0.05) is 25.7 Å². The number of aliphatic imine (C=N–C) groups is 1. The van der Waals surface area contributed by atoms with E-state index in [2.05, 4.69) is 20.3 Å². The van der Waals surface area contributed by atoms with Crippen LogP contribution < -0.4 is 15.4 Å². The van der Waals surface area contributed by atoms with Gasteiger partial charge in [-0.25, -0.2) is 13.1 Å². The molecule has 0 heterocycles. The lowest BCUT2D eigenvalue weighted by molar-refractivity contribution is 0.454. The van der Waals surface area contributed by atoms with Crippen LogP contribution in [0, 0.1) is 5.92 Å². The van der Waals surface area contributed by atoms with Crippen molar-refractivity contribution in [2.75, 3.05) is 25.9 Å². The first kappa shape index (κ1) is 19.9. The zero-order valence-electron chi connectivity index (χ0n) is 12.5. The van der Waals surface area contributed by atoms with E-state index in [1.165, 1.54) is 6.26 Å². The van der Waals surface area contributed by atoms with Gasteiger partial charge in [-0.05, 0) is 32.6 Å². The summed E-state index contributed by atoms with van der Waals surface area (Å²) in [5.41, 5.74) is 0. The molecule has 0 radical (unpaired) electrons. The quantitative estimate of drug-likeness (QED) is 0.340. The molecule has 120 valence electrons. The summed E-state index contributed by atoms with van der Waals surface area (Å²) in [6, 6.07) is 0.0308. The summed E-state index contributed by atoms with van der Waals surface area (Å²) in [6.07, 6.45) is 4.21. The Morgan fingerprint density at radius 3 is 2.30 bits per heavy atom. The summed E-state index contributed by atoms with van der Waals surface area (Å²) in [7, 11) is -3.13. The van der Waals surface area contributed by atoms with E-state index in [-0.39, 0.29) is 30.0 Å². The van der Waals surface area contributed by atoms with E-state index in [9.17, 15) is 8.42 Å². The van der Waals surface area contributed by atoms with Gasteiger partial charge in [-0.2, -0.15) is 0 Å². The Hall–Kier alpha value is -0.0900. The van der Waals surface area contributed by atoms with Crippen LogP contribution in [-0.4, -0.2) is 46.3 Å². The van der Waals surface area contributed by atoms with E-state index in [1.807, 2.05) is 13.8 Å². The average molecular weight is 418 g/mol. The Morgan fingerprint density at radius 2 is 1.80 bits per heavy atom. The lowest BCUT2D eigenvalue weighted by Gasteiger charge is -2.19. The summed E-state index contributed by atoms with van der Waals surface area (Å²) in [4.78, 5) is 4.53. The lowest BCUT2D eigenvalue weighted by Crippen LogP contribution is -2.40. The molecule has 0 aromatic rings. The van der Waals surface area contributed by atoms with Crippen LogP contribution in [0.2, 0.25) is 0 Å². The highest BCUT2D eigenvalue weighted by Crippen LogP contribution is 2.26. The van der Waals surface area contributed by atoms with E-state index in [0.717, 1.165) is 38.3 Å². The van der Waals surface area contributed by atoms with Gasteiger partial charge in [0.2, 0.25) is 10.0 Å². The van der Waals surface area contributed by atoms with E-state index < -0.39 is 10.0 Å². The van der Waals surface area contributed by atoms with Crippen LogP contribution in [0.1, 0.15) is 33.1 Å². The third kappa shape index (κ3) is 7.63. The molecule has 3 N–H and O–H groups in total. The molecule has 6 nitrogen and oxygen atoms in total. The van der Waals surface area contributed by atoms with Crippen LogP contribution in [0.5, 0.6) is 0 Å². The second-order valence-electron chi connectivity index (χ2n) is 4.94. The molecular weight excluding hydrogens is 391 g/mol. The third-order valence-electron chi connectivity index (χ3n) is 3.20. The highest BCUT2D eigenvalue weighted by atomic mass is 127. The SMILES string of the molecule is CCNC(=NCC1CCCC1NS(C)(=O)=O)NCC.I. The second kappa shape index (κ2) is 9.78. The van der Waals surface area contributed by atoms with E-state index >= 15 is 0 Å². The summed E-state index contributed by atoms with van der Waals surface area (Å²) in [6.45, 7) is 6.35. The van der Waals surface area contributed by atoms with Crippen LogP contribution in [-0.2, 0) is 10.0 Å². The number of nitrogens with zero attached hydrogens (tertiary/aromatic N) is 1. The zero-order chi connectivity index (χ0) is 14.3. The van der Waals surface area contributed by atoms with Crippen LogP contribution >= 0.6 is 24.0 Å². The minimum absolute atomic E-state index is 0. The largest absolute Gasteiger partial charge is 0.357 e. The summed E-state index contributed by atoms with van der Waals surface area (Å²) < 4.78 is 25.3. The van der Waals surface area contributed by atoms with Crippen LogP contribution in [0.4, 0.5) is 0 Å². The van der Waals surface area contributed by atoms with Gasteiger partial charge in [-0.1, -0.05) is 6.42 Å². The van der Waals surface area contributed by atoms with Crippen molar-refractivity contribution in [1.29, 1.82) is 0 Å². The van der Waals surface area contributed by atoms with E-state index in [4.69, 9.17) is 0 Å². The van der Waals surface area contributed by atoms with Gasteiger partial charge in [0.1, 0.15) is 0 Å². The molecule has 2 unspecified atom stereocenters. The molecule has 1 fully saturated rings. The lowest BCUT2D eigenvalue weighted by atomic mass is 10.1. The predicted molar refractivity (Wildman–Crippen MR) is 94.2 cm³/mol. The van der Waals surface area contributed by atoms with Crippen molar-refractivity contribution in [2.24, 2.45) is 10.9 Å². The van der Waals surface area contributed by atoms with E-state index in [0.29, 0.717) is 12.5 Å². The van der Waals surface area contributed by atoms with Gasteiger partial charge in [-0.3, -0.25) is 4.99 Å².